The Kier molecular flexibility index (Phi) is 11.6. The maximum absolute atomic E-state index is 6.11. The molecule has 0 unspecified atom stereocenters. The van der Waals surface area contributed by atoms with Crippen LogP contribution in [-0.4, -0.2) is 69.3 Å². The van der Waals surface area contributed by atoms with Gasteiger partial charge in [-0.3, -0.25) is 4.98 Å². The first kappa shape index (κ1) is 26.2. The molecule has 0 bridgehead atoms. The topological polar surface area (TPSA) is 37.8 Å². The van der Waals surface area contributed by atoms with E-state index in [-0.39, 0.29) is 0 Å². The zero-order valence-electron chi connectivity index (χ0n) is 20.3. The molecule has 5 nitrogen and oxygen atoms in total. The first-order valence-corrected chi connectivity index (χ1v) is 11.9. The summed E-state index contributed by atoms with van der Waals surface area (Å²) in [6.45, 7) is 5.48. The summed E-state index contributed by atoms with van der Waals surface area (Å²) in [6, 6.07) is 8.14. The molecule has 0 N–H and O–H groups in total. The molecule has 0 saturated carbocycles. The van der Waals surface area contributed by atoms with Crippen LogP contribution in [0.1, 0.15) is 43.0 Å². The fourth-order valence-electron chi connectivity index (χ4n) is 3.27. The number of aryl methyl sites for hydroxylation is 1. The third-order valence-electron chi connectivity index (χ3n) is 4.97. The van der Waals surface area contributed by atoms with Gasteiger partial charge in [-0.2, -0.15) is 0 Å². The maximum atomic E-state index is 6.11. The molecule has 0 aliphatic rings. The molecule has 0 atom stereocenters. The summed E-state index contributed by atoms with van der Waals surface area (Å²) < 4.78 is 12.1. The Morgan fingerprint density at radius 1 is 0.906 bits per heavy atom. The molecular formula is C26H39N3O2S. The highest BCUT2D eigenvalue weighted by Crippen LogP contribution is 2.30. The monoisotopic (exact) mass is 457 g/mol. The molecule has 0 spiro atoms. The fourth-order valence-corrected chi connectivity index (χ4v) is 3.59. The summed E-state index contributed by atoms with van der Waals surface area (Å²) in [4.78, 5) is 9.76. The van der Waals surface area contributed by atoms with E-state index in [1.807, 2.05) is 30.5 Å². The van der Waals surface area contributed by atoms with E-state index in [2.05, 4.69) is 62.0 Å². The van der Waals surface area contributed by atoms with Gasteiger partial charge in [0.25, 0.3) is 0 Å². The number of ether oxygens (including phenoxy) is 2. The zero-order valence-corrected chi connectivity index (χ0v) is 21.2. The average molecular weight is 458 g/mol. The van der Waals surface area contributed by atoms with Gasteiger partial charge in [0.05, 0.1) is 18.9 Å². The van der Waals surface area contributed by atoms with Crippen molar-refractivity contribution in [1.29, 1.82) is 0 Å². The maximum Gasteiger partial charge on any atom is 0.161 e. The lowest BCUT2D eigenvalue weighted by molar-refractivity contribution is 0.244. The number of hydrogen-bond donors (Lipinski definition) is 1. The number of hydrogen-bond acceptors (Lipinski definition) is 6. The summed E-state index contributed by atoms with van der Waals surface area (Å²) in [5.74, 6) is 1.58. The Labute approximate surface area is 199 Å². The van der Waals surface area contributed by atoms with E-state index in [4.69, 9.17) is 22.1 Å². The highest BCUT2D eigenvalue weighted by Gasteiger charge is 2.08. The molecule has 1 aromatic carbocycles. The second-order valence-electron chi connectivity index (χ2n) is 8.50. The highest BCUT2D eigenvalue weighted by atomic mass is 32.1. The van der Waals surface area contributed by atoms with E-state index < -0.39 is 0 Å². The Hall–Kier alpha value is -2.02. The second-order valence-corrected chi connectivity index (χ2v) is 8.95. The van der Waals surface area contributed by atoms with Crippen LogP contribution in [0.3, 0.4) is 0 Å². The van der Waals surface area contributed by atoms with Gasteiger partial charge in [0.2, 0.25) is 0 Å². The molecule has 2 rings (SSSR count). The van der Waals surface area contributed by atoms with Crippen molar-refractivity contribution < 1.29 is 9.47 Å². The number of pyridine rings is 1. The number of aromatic nitrogens is 1. The molecule has 176 valence electrons. The van der Waals surface area contributed by atoms with E-state index in [0.29, 0.717) is 13.2 Å². The van der Waals surface area contributed by atoms with Gasteiger partial charge in [-0.25, -0.2) is 0 Å². The van der Waals surface area contributed by atoms with Crippen molar-refractivity contribution in [1.82, 2.24) is 14.8 Å². The van der Waals surface area contributed by atoms with Gasteiger partial charge in [0.15, 0.2) is 11.5 Å². The minimum atomic E-state index is 0.654. The predicted molar refractivity (Wildman–Crippen MR) is 138 cm³/mol. The molecule has 32 heavy (non-hydrogen) atoms. The average Bonchev–Trinajstić information content (AvgIpc) is 2.75. The minimum absolute atomic E-state index is 0.654. The van der Waals surface area contributed by atoms with Crippen LogP contribution in [0.5, 0.6) is 11.5 Å². The molecule has 0 aliphatic heterocycles. The molecule has 0 saturated heterocycles. The first-order chi connectivity index (χ1) is 15.4. The van der Waals surface area contributed by atoms with Crippen molar-refractivity contribution in [2.24, 2.45) is 0 Å². The van der Waals surface area contributed by atoms with Crippen molar-refractivity contribution in [3.05, 3.63) is 47.3 Å². The van der Waals surface area contributed by atoms with Crippen LogP contribution in [0.4, 0.5) is 0 Å². The molecular weight excluding hydrogens is 418 g/mol. The smallest absolute Gasteiger partial charge is 0.161 e. The van der Waals surface area contributed by atoms with Crippen molar-refractivity contribution in [2.45, 2.75) is 37.5 Å². The van der Waals surface area contributed by atoms with Crippen molar-refractivity contribution in [3.8, 4) is 11.5 Å². The number of benzene rings is 1. The Bertz CT molecular complexity index is 853. The van der Waals surface area contributed by atoms with Gasteiger partial charge in [-0.15, -0.1) is 12.6 Å². The SMILES string of the molecule is CCCc1ccnc(/C=C/c2ccc(OCCCN(C)C)c(OCCCN(C)C)c2)c1S. The lowest BCUT2D eigenvalue weighted by Gasteiger charge is -2.15. The van der Waals surface area contributed by atoms with Crippen LogP contribution in [-0.2, 0) is 6.42 Å². The standard InChI is InChI=1S/C26H39N3O2S/c1-6-9-22-14-15-27-23(26(22)32)12-10-21-11-13-24(30-18-7-16-28(2)3)25(20-21)31-19-8-17-29(4)5/h10-15,20,32H,6-9,16-19H2,1-5H3/b12-10+. The van der Waals surface area contributed by atoms with Crippen LogP contribution >= 0.6 is 12.6 Å². The van der Waals surface area contributed by atoms with Gasteiger partial charge in [0.1, 0.15) is 0 Å². The van der Waals surface area contributed by atoms with Crippen molar-refractivity contribution in [3.63, 3.8) is 0 Å². The largest absolute Gasteiger partial charge is 0.490 e. The molecule has 2 aromatic rings. The highest BCUT2D eigenvalue weighted by molar-refractivity contribution is 7.80. The van der Waals surface area contributed by atoms with Gasteiger partial charge < -0.3 is 19.3 Å². The van der Waals surface area contributed by atoms with E-state index in [1.54, 1.807) is 0 Å². The summed E-state index contributed by atoms with van der Waals surface area (Å²) >= 11 is 4.70. The normalized spacial score (nSPS) is 11.6. The van der Waals surface area contributed by atoms with Gasteiger partial charge >= 0.3 is 0 Å². The summed E-state index contributed by atoms with van der Waals surface area (Å²) in [7, 11) is 8.29. The zero-order chi connectivity index (χ0) is 23.3. The minimum Gasteiger partial charge on any atom is -0.490 e. The van der Waals surface area contributed by atoms with Gasteiger partial charge in [0, 0.05) is 24.2 Å². The van der Waals surface area contributed by atoms with E-state index in [9.17, 15) is 0 Å². The van der Waals surface area contributed by atoms with E-state index in [1.165, 1.54) is 5.56 Å². The first-order valence-electron chi connectivity index (χ1n) is 11.4. The Balaban J connectivity index is 2.13. The number of thiol groups is 1. The van der Waals surface area contributed by atoms with Gasteiger partial charge in [-0.05, 0) is 82.9 Å². The summed E-state index contributed by atoms with van der Waals surface area (Å²) in [6.07, 6.45) is 9.96. The van der Waals surface area contributed by atoms with Gasteiger partial charge in [-0.1, -0.05) is 25.5 Å². The van der Waals surface area contributed by atoms with Crippen LogP contribution in [0, 0.1) is 0 Å². The van der Waals surface area contributed by atoms with Crippen LogP contribution in [0.25, 0.3) is 12.2 Å². The van der Waals surface area contributed by atoms with Crippen molar-refractivity contribution >= 4 is 24.8 Å². The van der Waals surface area contributed by atoms with Crippen LogP contribution < -0.4 is 9.47 Å². The molecule has 1 heterocycles. The Morgan fingerprint density at radius 2 is 1.56 bits per heavy atom. The third-order valence-corrected chi connectivity index (χ3v) is 5.49. The molecule has 0 fully saturated rings. The third kappa shape index (κ3) is 9.23. The number of nitrogens with zero attached hydrogens (tertiary/aromatic N) is 3. The summed E-state index contributed by atoms with van der Waals surface area (Å²) in [5, 5.41) is 0. The molecule has 6 heteroatoms. The van der Waals surface area contributed by atoms with Crippen LogP contribution in [0.2, 0.25) is 0 Å². The molecule has 0 amide bonds. The number of rotatable bonds is 14. The van der Waals surface area contributed by atoms with E-state index >= 15 is 0 Å². The molecule has 0 radical (unpaired) electrons. The molecule has 1 aromatic heterocycles. The van der Waals surface area contributed by atoms with Crippen LogP contribution in [0.15, 0.2) is 35.4 Å². The van der Waals surface area contributed by atoms with Crippen molar-refractivity contribution in [2.75, 3.05) is 54.5 Å². The quantitative estimate of drug-likeness (QED) is 0.314. The second kappa shape index (κ2) is 14.2. The lowest BCUT2D eigenvalue weighted by atomic mass is 10.1. The predicted octanol–water partition coefficient (Wildman–Crippen LogP) is 5.15. The summed E-state index contributed by atoms with van der Waals surface area (Å²) in [5.41, 5.74) is 3.16. The van der Waals surface area contributed by atoms with E-state index in [0.717, 1.165) is 66.4 Å². The molecule has 0 aliphatic carbocycles. The Morgan fingerprint density at radius 3 is 2.19 bits per heavy atom. The lowest BCUT2D eigenvalue weighted by Crippen LogP contribution is -2.16. The fraction of sp³-hybridized carbons (Fsp3) is 0.500.